The number of anilines is 2. The normalized spacial score (nSPS) is 24.9. The molecule has 190 valence electrons. The van der Waals surface area contributed by atoms with Gasteiger partial charge in [0.1, 0.15) is 17.4 Å². The van der Waals surface area contributed by atoms with Crippen molar-refractivity contribution in [3.63, 3.8) is 0 Å². The number of hydrogen-bond donors (Lipinski definition) is 2. The number of nitrogens with two attached hydrogens (primary N) is 1. The highest BCUT2D eigenvalue weighted by Crippen LogP contribution is 2.49. The topological polar surface area (TPSA) is 110 Å². The number of benzene rings is 1. The highest BCUT2D eigenvalue weighted by molar-refractivity contribution is 5.98. The summed E-state index contributed by atoms with van der Waals surface area (Å²) in [5.41, 5.74) is 11.8. The zero-order chi connectivity index (χ0) is 25.6. The molecule has 9 nitrogen and oxygen atoms in total. The van der Waals surface area contributed by atoms with E-state index in [1.807, 2.05) is 6.92 Å². The van der Waals surface area contributed by atoms with Crippen LogP contribution in [0, 0.1) is 11.7 Å². The van der Waals surface area contributed by atoms with Crippen LogP contribution in [-0.4, -0.2) is 58.5 Å². The maximum Gasteiger partial charge on any atom is 0.324 e. The van der Waals surface area contributed by atoms with E-state index in [0.29, 0.717) is 23.7 Å². The van der Waals surface area contributed by atoms with E-state index in [4.69, 9.17) is 20.4 Å². The third-order valence-corrected chi connectivity index (χ3v) is 8.54. The van der Waals surface area contributed by atoms with Gasteiger partial charge in [0.25, 0.3) is 5.91 Å². The lowest BCUT2D eigenvalue weighted by atomic mass is 10.0. The van der Waals surface area contributed by atoms with Crippen LogP contribution >= 0.6 is 0 Å². The molecule has 4 heterocycles. The van der Waals surface area contributed by atoms with Crippen molar-refractivity contribution in [2.75, 3.05) is 30.9 Å². The van der Waals surface area contributed by atoms with Crippen molar-refractivity contribution in [1.29, 1.82) is 0 Å². The molecule has 2 fully saturated rings. The molecule has 7 rings (SSSR count). The lowest BCUT2D eigenvalue weighted by Gasteiger charge is -2.32. The van der Waals surface area contributed by atoms with Crippen LogP contribution in [0.2, 0.25) is 0 Å². The smallest absolute Gasteiger partial charge is 0.324 e. The van der Waals surface area contributed by atoms with Gasteiger partial charge in [0.05, 0.1) is 29.2 Å². The molecule has 10 heteroatoms. The number of carbonyl (C=O) groups is 1. The number of amides is 1. The van der Waals surface area contributed by atoms with Crippen LogP contribution in [0.1, 0.15) is 53.1 Å². The second kappa shape index (κ2) is 7.85. The summed E-state index contributed by atoms with van der Waals surface area (Å²) in [6.07, 6.45) is 4.08. The molecule has 0 spiro atoms. The molecular weight excluding hydrogens is 473 g/mol. The minimum absolute atomic E-state index is 0.0856. The van der Waals surface area contributed by atoms with E-state index in [2.05, 4.69) is 15.2 Å². The highest BCUT2D eigenvalue weighted by atomic mass is 19.1. The summed E-state index contributed by atoms with van der Waals surface area (Å²) >= 11 is 0. The number of piperidine rings is 1. The molecule has 0 radical (unpaired) electrons. The number of carbonyl (C=O) groups excluding carboxylic acids is 1. The van der Waals surface area contributed by atoms with E-state index in [1.54, 1.807) is 37.3 Å². The van der Waals surface area contributed by atoms with Crippen molar-refractivity contribution in [1.82, 2.24) is 19.9 Å². The van der Waals surface area contributed by atoms with E-state index >= 15 is 0 Å². The number of hydrogen-bond acceptors (Lipinski definition) is 8. The van der Waals surface area contributed by atoms with Gasteiger partial charge in [-0.25, -0.2) is 4.39 Å². The molecule has 1 amide bonds. The van der Waals surface area contributed by atoms with Gasteiger partial charge in [0.15, 0.2) is 0 Å². The van der Waals surface area contributed by atoms with Crippen molar-refractivity contribution in [3.05, 3.63) is 52.7 Å². The summed E-state index contributed by atoms with van der Waals surface area (Å²) in [6, 6.07) is 5.37. The molecule has 1 saturated heterocycles. The summed E-state index contributed by atoms with van der Waals surface area (Å²) in [5, 5.41) is 3.12. The summed E-state index contributed by atoms with van der Waals surface area (Å²) < 4.78 is 20.7. The molecule has 3 unspecified atom stereocenters. The van der Waals surface area contributed by atoms with E-state index in [1.165, 1.54) is 6.07 Å². The van der Waals surface area contributed by atoms with Gasteiger partial charge in [-0.3, -0.25) is 9.78 Å². The average molecular weight is 502 g/mol. The average Bonchev–Trinajstić information content (AvgIpc) is 3.62. The molecule has 4 atom stereocenters. The zero-order valence-corrected chi connectivity index (χ0v) is 21.0. The summed E-state index contributed by atoms with van der Waals surface area (Å²) in [6.45, 7) is 2.75. The molecule has 3 aromatic rings. The first-order valence-electron chi connectivity index (χ1n) is 12.7. The van der Waals surface area contributed by atoms with Gasteiger partial charge < -0.3 is 25.6 Å². The predicted octanol–water partition coefficient (Wildman–Crippen LogP) is 3.49. The largest absolute Gasteiger partial charge is 0.423 e. The summed E-state index contributed by atoms with van der Waals surface area (Å²) in [5.74, 6) is 1.18. The van der Waals surface area contributed by atoms with E-state index in [9.17, 15) is 9.18 Å². The number of nitrogens with zero attached hydrogens (tertiary/aromatic N) is 5. The van der Waals surface area contributed by atoms with Crippen LogP contribution in [0.25, 0.3) is 11.1 Å². The van der Waals surface area contributed by atoms with E-state index in [-0.39, 0.29) is 35.9 Å². The van der Waals surface area contributed by atoms with Gasteiger partial charge in [-0.05, 0) is 55.0 Å². The Hall–Kier alpha value is -3.79. The molecule has 2 aromatic heterocycles. The Bertz CT molecular complexity index is 1480. The Kier molecular flexibility index (Phi) is 4.76. The Labute approximate surface area is 213 Å². The number of ether oxygens (including phenoxy) is 1. The number of nitrogens with one attached hydrogen (secondary N) is 1. The van der Waals surface area contributed by atoms with Crippen LogP contribution in [0.15, 0.2) is 24.4 Å². The SMILES string of the molecule is CNc1cc(F)cc2c1Cc1nc(Oc3cnc4c(c3)C(=O)N(C)C4C)nc(N3CC4CC3C[C@@H]4N)c1-2. The Morgan fingerprint density at radius 3 is 2.76 bits per heavy atom. The van der Waals surface area contributed by atoms with Crippen LogP contribution in [0.4, 0.5) is 15.9 Å². The van der Waals surface area contributed by atoms with Crippen molar-refractivity contribution >= 4 is 17.4 Å². The Balaban J connectivity index is 1.32. The first-order valence-corrected chi connectivity index (χ1v) is 12.7. The number of pyridine rings is 1. The van der Waals surface area contributed by atoms with Gasteiger partial charge >= 0.3 is 6.01 Å². The van der Waals surface area contributed by atoms with E-state index < -0.39 is 0 Å². The highest BCUT2D eigenvalue weighted by Gasteiger charge is 2.45. The lowest BCUT2D eigenvalue weighted by Crippen LogP contribution is -2.41. The maximum absolute atomic E-state index is 14.6. The molecule has 1 aromatic carbocycles. The number of aromatic nitrogens is 3. The second-order valence-electron chi connectivity index (χ2n) is 10.6. The van der Waals surface area contributed by atoms with Gasteiger partial charge in [0.2, 0.25) is 0 Å². The third kappa shape index (κ3) is 3.24. The molecule has 2 aliphatic heterocycles. The number of rotatable bonds is 4. The van der Waals surface area contributed by atoms with Crippen molar-refractivity contribution in [2.45, 2.75) is 44.3 Å². The summed E-state index contributed by atoms with van der Waals surface area (Å²) in [7, 11) is 3.56. The van der Waals surface area contributed by atoms with Crippen LogP contribution in [0.5, 0.6) is 11.8 Å². The lowest BCUT2D eigenvalue weighted by molar-refractivity contribution is 0.0783. The van der Waals surface area contributed by atoms with E-state index in [0.717, 1.165) is 59.0 Å². The van der Waals surface area contributed by atoms with Gasteiger partial charge in [-0.1, -0.05) is 0 Å². The van der Waals surface area contributed by atoms with Gasteiger partial charge in [-0.15, -0.1) is 0 Å². The van der Waals surface area contributed by atoms with Crippen LogP contribution in [0.3, 0.4) is 0 Å². The molecule has 4 aliphatic rings. The maximum atomic E-state index is 14.6. The predicted molar refractivity (Wildman–Crippen MR) is 136 cm³/mol. The van der Waals surface area contributed by atoms with Crippen LogP contribution in [-0.2, 0) is 6.42 Å². The Morgan fingerprint density at radius 2 is 2.03 bits per heavy atom. The molecule has 3 N–H and O–H groups in total. The number of halogens is 1. The zero-order valence-electron chi connectivity index (χ0n) is 21.0. The van der Waals surface area contributed by atoms with Crippen molar-refractivity contribution < 1.29 is 13.9 Å². The molecule has 2 aliphatic carbocycles. The Morgan fingerprint density at radius 1 is 1.19 bits per heavy atom. The minimum atomic E-state index is -0.305. The minimum Gasteiger partial charge on any atom is -0.423 e. The van der Waals surface area contributed by atoms with Crippen molar-refractivity contribution in [3.8, 4) is 22.9 Å². The third-order valence-electron chi connectivity index (χ3n) is 8.54. The van der Waals surface area contributed by atoms with Gasteiger partial charge in [-0.2, -0.15) is 9.97 Å². The molecule has 1 saturated carbocycles. The molecule has 2 bridgehead atoms. The molecular formula is C27H28FN7O2. The first kappa shape index (κ1) is 22.4. The fourth-order valence-corrected chi connectivity index (χ4v) is 6.49. The molecule has 37 heavy (non-hydrogen) atoms. The summed E-state index contributed by atoms with van der Waals surface area (Å²) in [4.78, 5) is 30.7. The van der Waals surface area contributed by atoms with Gasteiger partial charge in [0, 0.05) is 50.4 Å². The second-order valence-corrected chi connectivity index (χ2v) is 10.6. The van der Waals surface area contributed by atoms with Crippen LogP contribution < -0.4 is 20.7 Å². The monoisotopic (exact) mass is 501 g/mol. The fourth-order valence-electron chi connectivity index (χ4n) is 6.49. The fraction of sp³-hybridized carbons (Fsp3) is 0.407. The first-order chi connectivity index (χ1) is 17.8. The number of fused-ring (bicyclic) bond motifs is 6. The van der Waals surface area contributed by atoms with Crippen molar-refractivity contribution in [2.24, 2.45) is 11.7 Å². The quantitative estimate of drug-likeness (QED) is 0.437. The standard InChI is InChI=1S/C27H28FN7O2/c1-12-24-19(26(36)34(12)3)8-16(10-31-24)37-27-32-22-9-17-18(5-14(28)6-21(17)30-2)23(22)25(33-27)35-11-13-4-15(35)7-20(13)29/h5-6,8,10,12-13,15,20,30H,4,7,9,11,29H2,1-3H3/t12?,13?,15?,20-/m0/s1.